The van der Waals surface area contributed by atoms with Crippen LogP contribution in [0, 0.1) is 5.92 Å². The molecule has 1 fully saturated rings. The van der Waals surface area contributed by atoms with Crippen LogP contribution in [0.25, 0.3) is 0 Å². The van der Waals surface area contributed by atoms with Crippen molar-refractivity contribution in [1.82, 2.24) is 14.2 Å². The van der Waals surface area contributed by atoms with Gasteiger partial charge in [-0.15, -0.1) is 0 Å². The molecule has 0 spiro atoms. The van der Waals surface area contributed by atoms with Crippen LogP contribution >= 0.6 is 0 Å². The van der Waals surface area contributed by atoms with Crippen molar-refractivity contribution in [2.45, 2.75) is 30.8 Å². The van der Waals surface area contributed by atoms with E-state index in [9.17, 15) is 18.3 Å². The summed E-state index contributed by atoms with van der Waals surface area (Å²) >= 11 is 0. The minimum absolute atomic E-state index is 0. The van der Waals surface area contributed by atoms with Crippen molar-refractivity contribution in [2.75, 3.05) is 19.6 Å². The van der Waals surface area contributed by atoms with Gasteiger partial charge in [0.15, 0.2) is 0 Å². The summed E-state index contributed by atoms with van der Waals surface area (Å²) in [6, 6.07) is 19.2. The maximum Gasteiger partial charge on any atom is 1.00 e. The Balaban J connectivity index is 0.00000342. The predicted molar refractivity (Wildman–Crippen MR) is 127 cm³/mol. The van der Waals surface area contributed by atoms with Crippen molar-refractivity contribution >= 4 is 16.0 Å². The Morgan fingerprint density at radius 1 is 1.00 bits per heavy atom. The number of nitrogens with zero attached hydrogens (tertiary/aromatic N) is 3. The number of carboxylic acids is 1. The van der Waals surface area contributed by atoms with Crippen LogP contribution in [-0.4, -0.2) is 48.2 Å². The summed E-state index contributed by atoms with van der Waals surface area (Å²) in [7, 11) is -3.52. The van der Waals surface area contributed by atoms with E-state index in [0.717, 1.165) is 30.5 Å². The Morgan fingerprint density at radius 2 is 1.71 bits per heavy atom. The average molecular weight is 502 g/mol. The number of rotatable bonds is 9. The van der Waals surface area contributed by atoms with E-state index in [1.54, 1.807) is 59.0 Å². The summed E-state index contributed by atoms with van der Waals surface area (Å²) in [5.41, 5.74) is 2.20. The van der Waals surface area contributed by atoms with Gasteiger partial charge in [0, 0.05) is 45.1 Å². The second-order valence-electron chi connectivity index (χ2n) is 8.70. The minimum atomic E-state index is -3.52. The molecule has 0 saturated carbocycles. The van der Waals surface area contributed by atoms with Gasteiger partial charge in [-0.25, -0.2) is 8.42 Å². The van der Waals surface area contributed by atoms with Crippen LogP contribution in [0.3, 0.4) is 0 Å². The molecule has 1 atom stereocenters. The Hall–Kier alpha value is -2.07. The molecule has 7 nitrogen and oxygen atoms in total. The van der Waals surface area contributed by atoms with Crippen molar-refractivity contribution in [1.29, 1.82) is 0 Å². The third-order valence-electron chi connectivity index (χ3n) is 6.10. The minimum Gasteiger partial charge on any atom is -0.545 e. The fourth-order valence-corrected chi connectivity index (χ4v) is 6.02. The van der Waals surface area contributed by atoms with Gasteiger partial charge in [-0.05, 0) is 53.6 Å². The molecular formula is C26H28N3NaO4S. The molecule has 0 radical (unpaired) electrons. The second-order valence-corrected chi connectivity index (χ2v) is 10.6. The van der Waals surface area contributed by atoms with Crippen molar-refractivity contribution < 1.29 is 47.9 Å². The monoisotopic (exact) mass is 501 g/mol. The first kappa shape index (κ1) is 27.5. The molecule has 1 aliphatic rings. The summed E-state index contributed by atoms with van der Waals surface area (Å²) in [6.07, 6.45) is 5.34. The first-order valence-electron chi connectivity index (χ1n) is 11.4. The topological polar surface area (TPSA) is 93.6 Å². The van der Waals surface area contributed by atoms with E-state index in [1.165, 1.54) is 0 Å². The number of carbonyl (C=O) groups excluding carboxylic acids is 1. The number of pyridine rings is 1. The van der Waals surface area contributed by atoms with Gasteiger partial charge in [0.2, 0.25) is 10.0 Å². The fourth-order valence-electron chi connectivity index (χ4n) is 4.44. The largest absolute Gasteiger partial charge is 1.00 e. The van der Waals surface area contributed by atoms with Crippen molar-refractivity contribution in [3.63, 3.8) is 0 Å². The number of hydrogen-bond acceptors (Lipinski definition) is 6. The molecule has 9 heteroatoms. The van der Waals surface area contributed by atoms with Gasteiger partial charge in [0.05, 0.1) is 10.9 Å². The van der Waals surface area contributed by atoms with E-state index < -0.39 is 16.0 Å². The number of aromatic nitrogens is 1. The van der Waals surface area contributed by atoms with Crippen LogP contribution in [-0.2, 0) is 23.1 Å². The quantitative estimate of drug-likeness (QED) is 0.369. The standard InChI is InChI=1S/C26H29N3O4S.Na/c30-26(31)24-12-10-21(11-13-24)17-28(18-22-6-4-14-27-16-22)19-23-7-5-15-29(20-23)34(32,33)25-8-2-1-3-9-25;/h1-4,6,8-14,16,23H,5,7,15,17-20H2,(H,30,31);/q;+1/p-1. The van der Waals surface area contributed by atoms with Gasteiger partial charge in [0.25, 0.3) is 0 Å². The van der Waals surface area contributed by atoms with Gasteiger partial charge < -0.3 is 9.90 Å². The Morgan fingerprint density at radius 3 is 2.37 bits per heavy atom. The third-order valence-corrected chi connectivity index (χ3v) is 7.98. The molecular weight excluding hydrogens is 473 g/mol. The van der Waals surface area contributed by atoms with Crippen LogP contribution in [0.1, 0.15) is 34.3 Å². The third kappa shape index (κ3) is 7.46. The van der Waals surface area contributed by atoms with Gasteiger partial charge in [-0.3, -0.25) is 9.88 Å². The Kier molecular flexibility index (Phi) is 10.0. The molecule has 1 aliphatic heterocycles. The maximum absolute atomic E-state index is 13.1. The molecule has 2 heterocycles. The van der Waals surface area contributed by atoms with Crippen LogP contribution in [0.5, 0.6) is 0 Å². The summed E-state index contributed by atoms with van der Waals surface area (Å²) in [5, 5.41) is 11.1. The smallest absolute Gasteiger partial charge is 0.545 e. The van der Waals surface area contributed by atoms with Crippen LogP contribution in [0.15, 0.2) is 84.0 Å². The molecule has 35 heavy (non-hydrogen) atoms. The van der Waals surface area contributed by atoms with Gasteiger partial charge in [-0.1, -0.05) is 48.5 Å². The van der Waals surface area contributed by atoms with E-state index in [2.05, 4.69) is 9.88 Å². The number of benzene rings is 2. The molecule has 0 aliphatic carbocycles. The number of hydrogen-bond donors (Lipinski definition) is 0. The Bertz CT molecular complexity index is 1190. The van der Waals surface area contributed by atoms with Crippen molar-refractivity contribution in [3.05, 3.63) is 95.8 Å². The first-order chi connectivity index (χ1) is 16.4. The van der Waals surface area contributed by atoms with Crippen LogP contribution in [0.4, 0.5) is 0 Å². The number of sulfonamides is 1. The number of carboxylic acid groups (broad SMARTS) is 1. The van der Waals surface area contributed by atoms with Crippen LogP contribution < -0.4 is 34.7 Å². The molecule has 3 aromatic rings. The molecule has 0 bridgehead atoms. The van der Waals surface area contributed by atoms with E-state index in [0.29, 0.717) is 31.1 Å². The van der Waals surface area contributed by atoms with E-state index in [4.69, 9.17) is 0 Å². The summed E-state index contributed by atoms with van der Waals surface area (Å²) < 4.78 is 27.9. The van der Waals surface area contributed by atoms with Crippen LogP contribution in [0.2, 0.25) is 0 Å². The van der Waals surface area contributed by atoms with Crippen molar-refractivity contribution in [2.24, 2.45) is 5.92 Å². The zero-order chi connectivity index (χ0) is 24.0. The second kappa shape index (κ2) is 12.8. The maximum atomic E-state index is 13.1. The zero-order valence-corrected chi connectivity index (χ0v) is 22.7. The molecule has 2 aromatic carbocycles. The average Bonchev–Trinajstić information content (AvgIpc) is 2.86. The molecule has 0 N–H and O–H groups in total. The normalized spacial score (nSPS) is 16.5. The molecule has 1 aromatic heterocycles. The predicted octanol–water partition coefficient (Wildman–Crippen LogP) is -0.448. The molecule has 0 amide bonds. The zero-order valence-electron chi connectivity index (χ0n) is 19.9. The van der Waals surface area contributed by atoms with E-state index in [1.807, 2.05) is 24.4 Å². The number of carbonyl (C=O) groups is 1. The van der Waals surface area contributed by atoms with Gasteiger partial charge in [-0.2, -0.15) is 4.31 Å². The van der Waals surface area contributed by atoms with Crippen molar-refractivity contribution in [3.8, 4) is 0 Å². The molecule has 1 unspecified atom stereocenters. The SMILES string of the molecule is O=C([O-])c1ccc(CN(Cc2cccnc2)CC2CCCN(S(=O)(=O)c3ccccc3)C2)cc1.[Na+]. The number of aromatic carboxylic acids is 1. The van der Waals surface area contributed by atoms with E-state index >= 15 is 0 Å². The molecule has 1 saturated heterocycles. The number of piperidine rings is 1. The first-order valence-corrected chi connectivity index (χ1v) is 12.8. The molecule has 178 valence electrons. The summed E-state index contributed by atoms with van der Waals surface area (Å²) in [6.45, 7) is 3.01. The van der Waals surface area contributed by atoms with E-state index in [-0.39, 0.29) is 41.0 Å². The fraction of sp³-hybridized carbons (Fsp3) is 0.308. The molecule has 4 rings (SSSR count). The summed E-state index contributed by atoms with van der Waals surface area (Å²) in [4.78, 5) is 17.9. The van der Waals surface area contributed by atoms with Gasteiger partial charge in [0.1, 0.15) is 0 Å². The summed E-state index contributed by atoms with van der Waals surface area (Å²) in [5.74, 6) is -1.01. The Labute approximate surface area is 229 Å². The van der Waals surface area contributed by atoms with Gasteiger partial charge >= 0.3 is 29.6 Å².